The van der Waals surface area contributed by atoms with Crippen LogP contribution in [0.25, 0.3) is 0 Å². The second kappa shape index (κ2) is 9.66. The van der Waals surface area contributed by atoms with Crippen LogP contribution in [0.3, 0.4) is 0 Å². The quantitative estimate of drug-likeness (QED) is 0.646. The Morgan fingerprint density at radius 1 is 1.19 bits per heavy atom. The van der Waals surface area contributed by atoms with Crippen molar-refractivity contribution in [3.8, 4) is 11.5 Å². The van der Waals surface area contributed by atoms with Gasteiger partial charge in [-0.25, -0.2) is 4.39 Å². The Bertz CT molecular complexity index is 922. The number of rotatable bonds is 8. The number of amides is 1. The number of benzene rings is 2. The van der Waals surface area contributed by atoms with E-state index in [2.05, 4.69) is 11.0 Å². The van der Waals surface area contributed by atoms with Crippen LogP contribution in [0, 0.1) is 11.7 Å². The third-order valence-corrected chi connectivity index (χ3v) is 6.10. The molecule has 2 heterocycles. The molecule has 0 N–H and O–H groups in total. The van der Waals surface area contributed by atoms with Crippen LogP contribution in [0.5, 0.6) is 11.5 Å². The number of halogens is 1. The maximum atomic E-state index is 14.0. The lowest BCUT2D eigenvalue weighted by Gasteiger charge is -2.27. The van der Waals surface area contributed by atoms with E-state index in [9.17, 15) is 9.18 Å². The van der Waals surface area contributed by atoms with Crippen molar-refractivity contribution in [3.05, 3.63) is 59.4 Å². The average Bonchev–Trinajstić information content (AvgIpc) is 3.37. The number of carbonyl (C=O) groups is 1. The molecular formula is C24H29FN2O4. The molecule has 0 saturated carbocycles. The molecule has 2 aliphatic rings. The Kier molecular flexibility index (Phi) is 6.73. The van der Waals surface area contributed by atoms with Crippen molar-refractivity contribution < 1.29 is 23.4 Å². The summed E-state index contributed by atoms with van der Waals surface area (Å²) in [7, 11) is 1.64. The van der Waals surface area contributed by atoms with E-state index < -0.39 is 0 Å². The minimum absolute atomic E-state index is 0.0317. The molecule has 0 bridgehead atoms. The highest BCUT2D eigenvalue weighted by Gasteiger charge is 2.35. The Morgan fingerprint density at radius 3 is 2.81 bits per heavy atom. The molecule has 2 aliphatic heterocycles. The predicted molar refractivity (Wildman–Crippen MR) is 115 cm³/mol. The molecule has 2 unspecified atom stereocenters. The highest BCUT2D eigenvalue weighted by atomic mass is 19.1. The zero-order valence-electron chi connectivity index (χ0n) is 18.1. The average molecular weight is 429 g/mol. The molecule has 2 atom stereocenters. The van der Waals surface area contributed by atoms with E-state index in [0.29, 0.717) is 19.7 Å². The van der Waals surface area contributed by atoms with Gasteiger partial charge in [0.05, 0.1) is 6.61 Å². The van der Waals surface area contributed by atoms with Crippen LogP contribution < -0.4 is 9.47 Å². The number of hydrogen-bond acceptors (Lipinski definition) is 5. The minimum atomic E-state index is -0.228. The van der Waals surface area contributed by atoms with Gasteiger partial charge in [-0.05, 0) is 41.3 Å². The molecule has 2 aromatic carbocycles. The molecule has 1 amide bonds. The van der Waals surface area contributed by atoms with Crippen LogP contribution in [0.2, 0.25) is 0 Å². The van der Waals surface area contributed by atoms with Gasteiger partial charge in [-0.1, -0.05) is 18.2 Å². The summed E-state index contributed by atoms with van der Waals surface area (Å²) in [6, 6.07) is 12.9. The van der Waals surface area contributed by atoms with Crippen molar-refractivity contribution in [3.63, 3.8) is 0 Å². The molecule has 0 spiro atoms. The maximum absolute atomic E-state index is 14.0. The van der Waals surface area contributed by atoms with Crippen molar-refractivity contribution in [1.29, 1.82) is 0 Å². The van der Waals surface area contributed by atoms with Gasteiger partial charge in [0.25, 0.3) is 0 Å². The summed E-state index contributed by atoms with van der Waals surface area (Å²) in [6.07, 6.45) is 0. The Morgan fingerprint density at radius 2 is 2.03 bits per heavy atom. The van der Waals surface area contributed by atoms with Crippen LogP contribution in [-0.2, 0) is 16.1 Å². The van der Waals surface area contributed by atoms with Crippen LogP contribution in [0.4, 0.5) is 4.39 Å². The van der Waals surface area contributed by atoms with Gasteiger partial charge in [-0.3, -0.25) is 9.69 Å². The topological polar surface area (TPSA) is 51.2 Å². The van der Waals surface area contributed by atoms with Gasteiger partial charge < -0.3 is 19.1 Å². The third-order valence-electron chi connectivity index (χ3n) is 6.10. The molecule has 6 nitrogen and oxygen atoms in total. The molecular weight excluding hydrogens is 399 g/mol. The molecule has 166 valence electrons. The predicted octanol–water partition coefficient (Wildman–Crippen LogP) is 3.26. The fourth-order valence-corrected chi connectivity index (χ4v) is 4.55. The second-order valence-electron chi connectivity index (χ2n) is 8.26. The van der Waals surface area contributed by atoms with Gasteiger partial charge in [0.1, 0.15) is 5.82 Å². The van der Waals surface area contributed by atoms with Crippen molar-refractivity contribution >= 4 is 5.91 Å². The first kappa shape index (κ1) is 21.6. The molecule has 0 aromatic heterocycles. The van der Waals surface area contributed by atoms with Crippen molar-refractivity contribution in [2.24, 2.45) is 5.92 Å². The molecule has 0 radical (unpaired) electrons. The van der Waals surface area contributed by atoms with Gasteiger partial charge in [-0.2, -0.15) is 0 Å². The lowest BCUT2D eigenvalue weighted by atomic mass is 9.88. The summed E-state index contributed by atoms with van der Waals surface area (Å²) in [6.45, 7) is 5.92. The van der Waals surface area contributed by atoms with E-state index in [1.54, 1.807) is 26.2 Å². The Balaban J connectivity index is 1.52. The van der Waals surface area contributed by atoms with Crippen LogP contribution in [-0.4, -0.2) is 62.4 Å². The normalized spacial score (nSPS) is 20.2. The van der Waals surface area contributed by atoms with Gasteiger partial charge in [0, 0.05) is 52.7 Å². The number of methoxy groups -OCH3 is 1. The van der Waals surface area contributed by atoms with E-state index in [-0.39, 0.29) is 30.4 Å². The molecule has 1 fully saturated rings. The lowest BCUT2D eigenvalue weighted by Crippen LogP contribution is -2.38. The lowest BCUT2D eigenvalue weighted by molar-refractivity contribution is -0.130. The molecule has 31 heavy (non-hydrogen) atoms. The van der Waals surface area contributed by atoms with Crippen LogP contribution in [0.1, 0.15) is 24.0 Å². The molecule has 0 aliphatic carbocycles. The van der Waals surface area contributed by atoms with E-state index >= 15 is 0 Å². The standard InChI is InChI=1S/C24H29FN2O4/c1-17(28)27(8-9-29-2)14-20-13-26(15-22(20)19-4-3-5-21(25)11-19)12-18-6-7-23-24(10-18)31-16-30-23/h3-7,10-11,20,22H,8-9,12-16H2,1-2H3. The van der Waals surface area contributed by atoms with E-state index in [1.807, 2.05) is 23.1 Å². The molecule has 4 rings (SSSR count). The van der Waals surface area contributed by atoms with E-state index in [1.165, 1.54) is 6.07 Å². The SMILES string of the molecule is COCCN(CC1CN(Cc2ccc3c(c2)OCO3)CC1c1cccc(F)c1)C(C)=O. The van der Waals surface area contributed by atoms with Crippen molar-refractivity contribution in [2.45, 2.75) is 19.4 Å². The minimum Gasteiger partial charge on any atom is -0.454 e. The van der Waals surface area contributed by atoms with E-state index in [4.69, 9.17) is 14.2 Å². The summed E-state index contributed by atoms with van der Waals surface area (Å²) in [5.41, 5.74) is 2.12. The fraction of sp³-hybridized carbons (Fsp3) is 0.458. The smallest absolute Gasteiger partial charge is 0.231 e. The maximum Gasteiger partial charge on any atom is 0.231 e. The first-order valence-corrected chi connectivity index (χ1v) is 10.6. The number of hydrogen-bond donors (Lipinski definition) is 0. The highest BCUT2D eigenvalue weighted by molar-refractivity contribution is 5.73. The zero-order valence-corrected chi connectivity index (χ0v) is 18.1. The van der Waals surface area contributed by atoms with E-state index in [0.717, 1.165) is 42.3 Å². The summed E-state index contributed by atoms with van der Waals surface area (Å²) in [5, 5.41) is 0. The number of likely N-dealkylation sites (tertiary alicyclic amines) is 1. The fourth-order valence-electron chi connectivity index (χ4n) is 4.55. The zero-order chi connectivity index (χ0) is 21.8. The third kappa shape index (κ3) is 5.17. The van der Waals surface area contributed by atoms with Gasteiger partial charge >= 0.3 is 0 Å². The van der Waals surface area contributed by atoms with Crippen LogP contribution in [0.15, 0.2) is 42.5 Å². The van der Waals surface area contributed by atoms with Gasteiger partial charge in [0.2, 0.25) is 12.7 Å². The Labute approximate surface area is 182 Å². The number of fused-ring (bicyclic) bond motifs is 1. The summed E-state index contributed by atoms with van der Waals surface area (Å²) < 4.78 is 30.0. The monoisotopic (exact) mass is 428 g/mol. The van der Waals surface area contributed by atoms with Gasteiger partial charge in [-0.15, -0.1) is 0 Å². The number of ether oxygens (including phenoxy) is 3. The number of nitrogens with zero attached hydrogens (tertiary/aromatic N) is 2. The van der Waals surface area contributed by atoms with Gasteiger partial charge in [0.15, 0.2) is 11.5 Å². The summed E-state index contributed by atoms with van der Waals surface area (Å²) >= 11 is 0. The summed E-state index contributed by atoms with van der Waals surface area (Å²) in [4.78, 5) is 16.4. The molecule has 1 saturated heterocycles. The first-order chi connectivity index (χ1) is 15.0. The molecule has 7 heteroatoms. The van der Waals surface area contributed by atoms with Crippen molar-refractivity contribution in [1.82, 2.24) is 9.80 Å². The first-order valence-electron chi connectivity index (χ1n) is 10.6. The number of carbonyl (C=O) groups excluding carboxylic acids is 1. The largest absolute Gasteiger partial charge is 0.454 e. The molecule has 2 aromatic rings. The Hall–Kier alpha value is -2.64. The second-order valence-corrected chi connectivity index (χ2v) is 8.26. The van der Waals surface area contributed by atoms with Crippen molar-refractivity contribution in [2.75, 3.05) is 46.7 Å². The highest BCUT2D eigenvalue weighted by Crippen LogP contribution is 2.36. The summed E-state index contributed by atoms with van der Waals surface area (Å²) in [5.74, 6) is 1.70. The van der Waals surface area contributed by atoms with Crippen LogP contribution >= 0.6 is 0 Å².